The minimum Gasteiger partial charge on any atom is -0.295 e. The van der Waals surface area contributed by atoms with Crippen LogP contribution in [0.5, 0.6) is 0 Å². The van der Waals surface area contributed by atoms with Crippen LogP contribution in [0.3, 0.4) is 0 Å². The van der Waals surface area contributed by atoms with Crippen LogP contribution in [0.25, 0.3) is 16.7 Å². The molecule has 0 radical (unpaired) electrons. The minimum atomic E-state index is 0.406. The lowest BCUT2D eigenvalue weighted by Crippen LogP contribution is -2.00. The number of hydrogen-bond donors (Lipinski definition) is 0. The largest absolute Gasteiger partial charge is 0.295 e. The van der Waals surface area contributed by atoms with Crippen molar-refractivity contribution >= 4 is 38.6 Å². The van der Waals surface area contributed by atoms with Crippen LogP contribution >= 0.6 is 27.5 Å². The van der Waals surface area contributed by atoms with Crippen molar-refractivity contribution in [3.8, 4) is 5.69 Å². The Morgan fingerprint density at radius 1 is 1.10 bits per heavy atom. The van der Waals surface area contributed by atoms with Gasteiger partial charge in [-0.1, -0.05) is 22.0 Å². The van der Waals surface area contributed by atoms with Crippen LogP contribution in [-0.4, -0.2) is 9.55 Å². The number of imidazole rings is 1. The number of rotatable bonds is 2. The van der Waals surface area contributed by atoms with E-state index >= 15 is 0 Å². The Bertz CT molecular complexity index is 838. The Morgan fingerprint density at radius 3 is 2.81 bits per heavy atom. The summed E-state index contributed by atoms with van der Waals surface area (Å²) in [5, 5.41) is 0. The lowest BCUT2D eigenvalue weighted by atomic mass is 10.1. The van der Waals surface area contributed by atoms with E-state index in [9.17, 15) is 0 Å². The summed E-state index contributed by atoms with van der Waals surface area (Å²) in [6.07, 6.45) is 3.64. The highest BCUT2D eigenvalue weighted by Crippen LogP contribution is 2.29. The monoisotopic (exact) mass is 360 g/mol. The molecule has 0 saturated carbocycles. The van der Waals surface area contributed by atoms with Crippen molar-refractivity contribution in [1.29, 1.82) is 0 Å². The van der Waals surface area contributed by atoms with Crippen LogP contribution in [0.2, 0.25) is 0 Å². The molecule has 0 amide bonds. The molecular formula is C17H14BrClN2. The summed E-state index contributed by atoms with van der Waals surface area (Å²) in [4.78, 5) is 4.66. The number of fused-ring (bicyclic) bond motifs is 2. The van der Waals surface area contributed by atoms with Gasteiger partial charge >= 0.3 is 0 Å². The number of alkyl halides is 1. The molecule has 4 heteroatoms. The Labute approximate surface area is 136 Å². The predicted octanol–water partition coefficient (Wildman–Crippen LogP) is 5.02. The van der Waals surface area contributed by atoms with E-state index in [4.69, 9.17) is 11.6 Å². The summed E-state index contributed by atoms with van der Waals surface area (Å²) in [6.45, 7) is 0. The molecule has 1 heterocycles. The molecule has 0 aliphatic heterocycles. The topological polar surface area (TPSA) is 17.8 Å². The van der Waals surface area contributed by atoms with Crippen LogP contribution in [0, 0.1) is 0 Å². The van der Waals surface area contributed by atoms with Crippen molar-refractivity contribution < 1.29 is 0 Å². The standard InChI is InChI=1S/C17H14BrClN2/c18-13-5-7-16-15(9-13)20-17(10-19)21(16)14-6-4-11-2-1-3-12(11)8-14/h4-9H,1-3,10H2. The maximum atomic E-state index is 6.12. The first-order valence-corrected chi connectivity index (χ1v) is 8.44. The Balaban J connectivity index is 1.96. The maximum Gasteiger partial charge on any atom is 0.129 e. The lowest BCUT2D eigenvalue weighted by molar-refractivity contribution is 0.911. The molecule has 1 aromatic heterocycles. The summed E-state index contributed by atoms with van der Waals surface area (Å²) in [5.41, 5.74) is 6.19. The van der Waals surface area contributed by atoms with Crippen molar-refractivity contribution in [3.63, 3.8) is 0 Å². The van der Waals surface area contributed by atoms with Crippen molar-refractivity contribution in [2.24, 2.45) is 0 Å². The van der Waals surface area contributed by atoms with Gasteiger partial charge in [-0.2, -0.15) is 0 Å². The molecule has 106 valence electrons. The normalized spacial score (nSPS) is 13.8. The van der Waals surface area contributed by atoms with Crippen molar-refractivity contribution in [2.75, 3.05) is 0 Å². The average molecular weight is 362 g/mol. The number of aryl methyl sites for hydroxylation is 2. The Morgan fingerprint density at radius 2 is 1.95 bits per heavy atom. The van der Waals surface area contributed by atoms with Crippen molar-refractivity contribution in [3.05, 3.63) is 57.8 Å². The van der Waals surface area contributed by atoms with Gasteiger partial charge in [-0.15, -0.1) is 11.6 Å². The van der Waals surface area contributed by atoms with E-state index in [1.807, 2.05) is 12.1 Å². The van der Waals surface area contributed by atoms with Crippen molar-refractivity contribution in [2.45, 2.75) is 25.1 Å². The van der Waals surface area contributed by atoms with E-state index in [1.54, 1.807) is 0 Å². The molecule has 2 nitrogen and oxygen atoms in total. The first-order chi connectivity index (χ1) is 10.3. The summed E-state index contributed by atoms with van der Waals surface area (Å²) in [7, 11) is 0. The molecule has 3 aromatic rings. The third kappa shape index (κ3) is 2.19. The molecular weight excluding hydrogens is 348 g/mol. The zero-order valence-corrected chi connectivity index (χ0v) is 13.8. The van der Waals surface area contributed by atoms with Gasteiger partial charge < -0.3 is 0 Å². The van der Waals surface area contributed by atoms with E-state index in [2.05, 4.69) is 49.7 Å². The van der Waals surface area contributed by atoms with E-state index in [-0.39, 0.29) is 0 Å². The van der Waals surface area contributed by atoms with Gasteiger partial charge in [0.05, 0.1) is 16.9 Å². The number of aromatic nitrogens is 2. The first-order valence-electron chi connectivity index (χ1n) is 7.11. The zero-order chi connectivity index (χ0) is 14.4. The van der Waals surface area contributed by atoms with E-state index in [1.165, 1.54) is 30.4 Å². The minimum absolute atomic E-state index is 0.406. The fourth-order valence-corrected chi connectivity index (χ4v) is 3.71. The average Bonchev–Trinajstić information content (AvgIpc) is 3.09. The molecule has 0 N–H and O–H groups in total. The van der Waals surface area contributed by atoms with E-state index < -0.39 is 0 Å². The second-order valence-electron chi connectivity index (χ2n) is 5.44. The van der Waals surface area contributed by atoms with Crippen LogP contribution in [0.15, 0.2) is 40.9 Å². The zero-order valence-electron chi connectivity index (χ0n) is 11.4. The fraction of sp³-hybridized carbons (Fsp3) is 0.235. The SMILES string of the molecule is ClCc1nc2cc(Br)ccc2n1-c1ccc2c(c1)CCC2. The third-order valence-electron chi connectivity index (χ3n) is 4.15. The quantitative estimate of drug-likeness (QED) is 0.586. The summed E-state index contributed by atoms with van der Waals surface area (Å²) in [5.74, 6) is 1.30. The number of benzene rings is 2. The maximum absolute atomic E-state index is 6.12. The smallest absolute Gasteiger partial charge is 0.129 e. The molecule has 1 aliphatic carbocycles. The highest BCUT2D eigenvalue weighted by Gasteiger charge is 2.15. The van der Waals surface area contributed by atoms with Gasteiger partial charge in [0, 0.05) is 10.2 Å². The number of hydrogen-bond acceptors (Lipinski definition) is 1. The second kappa shape index (κ2) is 5.15. The second-order valence-corrected chi connectivity index (χ2v) is 6.62. The van der Waals surface area contributed by atoms with Crippen LogP contribution in [0.1, 0.15) is 23.4 Å². The number of halogens is 2. The first kappa shape index (κ1) is 13.4. The van der Waals surface area contributed by atoms with E-state index in [0.717, 1.165) is 27.0 Å². The van der Waals surface area contributed by atoms with Crippen molar-refractivity contribution in [1.82, 2.24) is 9.55 Å². The van der Waals surface area contributed by atoms with E-state index in [0.29, 0.717) is 5.88 Å². The highest BCUT2D eigenvalue weighted by atomic mass is 79.9. The van der Waals surface area contributed by atoms with Gasteiger partial charge in [0.25, 0.3) is 0 Å². The Kier molecular flexibility index (Phi) is 3.27. The molecule has 0 bridgehead atoms. The van der Waals surface area contributed by atoms with Gasteiger partial charge in [-0.25, -0.2) is 4.98 Å². The van der Waals surface area contributed by atoms with Gasteiger partial charge in [-0.05, 0) is 60.7 Å². The highest BCUT2D eigenvalue weighted by molar-refractivity contribution is 9.10. The molecule has 0 atom stereocenters. The third-order valence-corrected chi connectivity index (χ3v) is 4.88. The van der Waals surface area contributed by atoms with Gasteiger partial charge in [0.2, 0.25) is 0 Å². The molecule has 0 fully saturated rings. The van der Waals surface area contributed by atoms with Crippen LogP contribution < -0.4 is 0 Å². The van der Waals surface area contributed by atoms with Crippen LogP contribution in [0.4, 0.5) is 0 Å². The molecule has 4 rings (SSSR count). The molecule has 0 spiro atoms. The van der Waals surface area contributed by atoms with Crippen LogP contribution in [-0.2, 0) is 18.7 Å². The molecule has 21 heavy (non-hydrogen) atoms. The molecule has 1 aliphatic rings. The Hall–Kier alpha value is -1.32. The lowest BCUT2D eigenvalue weighted by Gasteiger charge is -2.10. The molecule has 0 unspecified atom stereocenters. The van der Waals surface area contributed by atoms with Gasteiger partial charge in [0.1, 0.15) is 5.82 Å². The summed E-state index contributed by atoms with van der Waals surface area (Å²) < 4.78 is 3.21. The fourth-order valence-electron chi connectivity index (χ4n) is 3.18. The van der Waals surface area contributed by atoms with Gasteiger partial charge in [-0.3, -0.25) is 4.57 Å². The summed E-state index contributed by atoms with van der Waals surface area (Å²) >= 11 is 9.62. The molecule has 2 aromatic carbocycles. The summed E-state index contributed by atoms with van der Waals surface area (Å²) in [6, 6.07) is 12.9. The molecule has 0 saturated heterocycles. The van der Waals surface area contributed by atoms with Gasteiger partial charge in [0.15, 0.2) is 0 Å². The predicted molar refractivity (Wildman–Crippen MR) is 90.4 cm³/mol. The number of nitrogens with zero attached hydrogens (tertiary/aromatic N) is 2.